The van der Waals surface area contributed by atoms with Crippen molar-refractivity contribution in [3.8, 4) is 0 Å². The molecule has 1 saturated heterocycles. The summed E-state index contributed by atoms with van der Waals surface area (Å²) in [6, 6.07) is -1.71. The lowest BCUT2D eigenvalue weighted by atomic mass is 10.0. The third-order valence-electron chi connectivity index (χ3n) is 3.14. The first-order valence-corrected chi connectivity index (χ1v) is 6.06. The van der Waals surface area contributed by atoms with Gasteiger partial charge in [0.15, 0.2) is 0 Å². The standard InChI is InChI=1S/C12H14F3N3O/c1-8-6-17-9(7-16-8)11(19)18-5-3-2-4-10(18)12(13,14)15/h6-7,10H,2-5H2,1H3. The minimum Gasteiger partial charge on any atom is -0.325 e. The summed E-state index contributed by atoms with van der Waals surface area (Å²) in [5, 5.41) is 0. The summed E-state index contributed by atoms with van der Waals surface area (Å²) in [5.74, 6) is -0.700. The van der Waals surface area contributed by atoms with Crippen LogP contribution in [0.15, 0.2) is 12.4 Å². The van der Waals surface area contributed by atoms with Crippen LogP contribution in [0.1, 0.15) is 35.4 Å². The van der Waals surface area contributed by atoms with Crippen molar-refractivity contribution in [1.82, 2.24) is 14.9 Å². The highest BCUT2D eigenvalue weighted by Crippen LogP contribution is 2.32. The van der Waals surface area contributed by atoms with E-state index in [1.165, 1.54) is 12.4 Å². The number of aromatic nitrogens is 2. The van der Waals surface area contributed by atoms with Crippen LogP contribution in [-0.4, -0.2) is 39.5 Å². The molecule has 2 rings (SSSR count). The van der Waals surface area contributed by atoms with Crippen molar-refractivity contribution < 1.29 is 18.0 Å². The summed E-state index contributed by atoms with van der Waals surface area (Å²) in [5.41, 5.74) is 0.573. The molecule has 7 heteroatoms. The van der Waals surface area contributed by atoms with Gasteiger partial charge in [-0.2, -0.15) is 13.2 Å². The molecule has 1 atom stereocenters. The number of carbonyl (C=O) groups is 1. The van der Waals surface area contributed by atoms with E-state index in [0.29, 0.717) is 18.5 Å². The van der Waals surface area contributed by atoms with Crippen LogP contribution in [0.5, 0.6) is 0 Å². The zero-order valence-electron chi connectivity index (χ0n) is 10.4. The number of piperidine rings is 1. The molecular formula is C12H14F3N3O. The van der Waals surface area contributed by atoms with Crippen LogP contribution < -0.4 is 0 Å². The largest absolute Gasteiger partial charge is 0.408 e. The SMILES string of the molecule is Cc1cnc(C(=O)N2CCCCC2C(F)(F)F)cn1. The first kappa shape index (κ1) is 13.8. The molecule has 1 fully saturated rings. The number of alkyl halides is 3. The number of carbonyl (C=O) groups excluding carboxylic acids is 1. The Bertz CT molecular complexity index is 458. The Balaban J connectivity index is 2.22. The summed E-state index contributed by atoms with van der Waals surface area (Å²) < 4.78 is 38.7. The Morgan fingerprint density at radius 3 is 2.63 bits per heavy atom. The Hall–Kier alpha value is -1.66. The molecule has 2 heterocycles. The second-order valence-corrected chi connectivity index (χ2v) is 4.59. The molecule has 0 aromatic carbocycles. The third kappa shape index (κ3) is 3.02. The third-order valence-corrected chi connectivity index (χ3v) is 3.14. The summed E-state index contributed by atoms with van der Waals surface area (Å²) in [7, 11) is 0. The average Bonchev–Trinajstić information content (AvgIpc) is 2.38. The minimum absolute atomic E-state index is 0.0400. The van der Waals surface area contributed by atoms with Gasteiger partial charge in [0.2, 0.25) is 0 Å². The Kier molecular flexibility index (Phi) is 3.73. The fraction of sp³-hybridized carbons (Fsp3) is 0.583. The predicted molar refractivity (Wildman–Crippen MR) is 61.5 cm³/mol. The van der Waals surface area contributed by atoms with E-state index in [0.717, 1.165) is 4.90 Å². The van der Waals surface area contributed by atoms with Gasteiger partial charge >= 0.3 is 6.18 Å². The van der Waals surface area contributed by atoms with Crippen molar-refractivity contribution in [2.75, 3.05) is 6.54 Å². The van der Waals surface area contributed by atoms with Gasteiger partial charge in [-0.1, -0.05) is 0 Å². The van der Waals surface area contributed by atoms with E-state index in [1.54, 1.807) is 6.92 Å². The van der Waals surface area contributed by atoms with Crippen LogP contribution in [0.4, 0.5) is 13.2 Å². The highest BCUT2D eigenvalue weighted by Gasteiger charge is 2.46. The smallest absolute Gasteiger partial charge is 0.325 e. The van der Waals surface area contributed by atoms with E-state index in [1.807, 2.05) is 0 Å². The quantitative estimate of drug-likeness (QED) is 0.789. The van der Waals surface area contributed by atoms with Crippen LogP contribution >= 0.6 is 0 Å². The van der Waals surface area contributed by atoms with Crippen molar-refractivity contribution in [2.24, 2.45) is 0 Å². The molecular weight excluding hydrogens is 259 g/mol. The van der Waals surface area contributed by atoms with E-state index in [2.05, 4.69) is 9.97 Å². The number of aryl methyl sites for hydroxylation is 1. The molecule has 0 bridgehead atoms. The van der Waals surface area contributed by atoms with Gasteiger partial charge in [-0.05, 0) is 26.2 Å². The average molecular weight is 273 g/mol. The first-order valence-electron chi connectivity index (χ1n) is 6.06. The molecule has 0 N–H and O–H groups in total. The maximum absolute atomic E-state index is 12.9. The van der Waals surface area contributed by atoms with E-state index in [-0.39, 0.29) is 18.7 Å². The monoisotopic (exact) mass is 273 g/mol. The van der Waals surface area contributed by atoms with E-state index in [4.69, 9.17) is 0 Å². The zero-order chi connectivity index (χ0) is 14.0. The minimum atomic E-state index is -4.39. The number of hydrogen-bond acceptors (Lipinski definition) is 3. The van der Waals surface area contributed by atoms with E-state index >= 15 is 0 Å². The topological polar surface area (TPSA) is 46.1 Å². The molecule has 1 aromatic rings. The maximum Gasteiger partial charge on any atom is 0.408 e. The second-order valence-electron chi connectivity index (χ2n) is 4.59. The van der Waals surface area contributed by atoms with Crippen LogP contribution in [0.3, 0.4) is 0 Å². The predicted octanol–water partition coefficient (Wildman–Crippen LogP) is 2.34. The van der Waals surface area contributed by atoms with Crippen LogP contribution in [0.2, 0.25) is 0 Å². The molecule has 19 heavy (non-hydrogen) atoms. The lowest BCUT2D eigenvalue weighted by molar-refractivity contribution is -0.183. The summed E-state index contributed by atoms with van der Waals surface area (Å²) in [6.45, 7) is 1.80. The van der Waals surface area contributed by atoms with Crippen molar-refractivity contribution in [3.63, 3.8) is 0 Å². The number of amides is 1. The van der Waals surface area contributed by atoms with Gasteiger partial charge in [-0.25, -0.2) is 4.98 Å². The molecule has 1 aliphatic rings. The highest BCUT2D eigenvalue weighted by molar-refractivity contribution is 5.92. The highest BCUT2D eigenvalue weighted by atomic mass is 19.4. The molecule has 1 amide bonds. The van der Waals surface area contributed by atoms with Gasteiger partial charge in [0.05, 0.1) is 11.9 Å². The molecule has 104 valence electrons. The van der Waals surface area contributed by atoms with Crippen LogP contribution in [0, 0.1) is 6.92 Å². The molecule has 0 radical (unpaired) electrons. The van der Waals surface area contributed by atoms with Crippen molar-refractivity contribution in [3.05, 3.63) is 23.8 Å². The van der Waals surface area contributed by atoms with Crippen molar-refractivity contribution in [2.45, 2.75) is 38.4 Å². The first-order chi connectivity index (χ1) is 8.89. The summed E-state index contributed by atoms with van der Waals surface area (Å²) in [6.07, 6.45) is -0.784. The van der Waals surface area contributed by atoms with Crippen LogP contribution in [0.25, 0.3) is 0 Å². The summed E-state index contributed by atoms with van der Waals surface area (Å²) in [4.78, 5) is 20.7. The number of likely N-dealkylation sites (tertiary alicyclic amines) is 1. The molecule has 0 aliphatic carbocycles. The van der Waals surface area contributed by atoms with E-state index in [9.17, 15) is 18.0 Å². The lowest BCUT2D eigenvalue weighted by Gasteiger charge is -2.36. The number of halogens is 3. The molecule has 0 saturated carbocycles. The molecule has 1 unspecified atom stereocenters. The molecule has 1 aromatic heterocycles. The number of rotatable bonds is 1. The molecule has 1 aliphatic heterocycles. The van der Waals surface area contributed by atoms with Gasteiger partial charge in [0.25, 0.3) is 5.91 Å². The van der Waals surface area contributed by atoms with Gasteiger partial charge in [-0.15, -0.1) is 0 Å². The van der Waals surface area contributed by atoms with Gasteiger partial charge in [-0.3, -0.25) is 9.78 Å². The van der Waals surface area contributed by atoms with Crippen molar-refractivity contribution >= 4 is 5.91 Å². The summed E-state index contributed by atoms with van der Waals surface area (Å²) >= 11 is 0. The Morgan fingerprint density at radius 2 is 2.05 bits per heavy atom. The van der Waals surface area contributed by atoms with Crippen LogP contribution in [-0.2, 0) is 0 Å². The Labute approximate surface area is 108 Å². The normalized spacial score (nSPS) is 20.4. The fourth-order valence-electron chi connectivity index (χ4n) is 2.17. The lowest BCUT2D eigenvalue weighted by Crippen LogP contribution is -2.51. The second kappa shape index (κ2) is 5.14. The van der Waals surface area contributed by atoms with Crippen molar-refractivity contribution in [1.29, 1.82) is 0 Å². The zero-order valence-corrected chi connectivity index (χ0v) is 10.4. The number of nitrogens with zero attached hydrogens (tertiary/aromatic N) is 3. The van der Waals surface area contributed by atoms with Gasteiger partial charge in [0.1, 0.15) is 11.7 Å². The maximum atomic E-state index is 12.9. The molecule has 4 nitrogen and oxygen atoms in total. The number of hydrogen-bond donors (Lipinski definition) is 0. The fourth-order valence-corrected chi connectivity index (χ4v) is 2.17. The van der Waals surface area contributed by atoms with E-state index < -0.39 is 18.1 Å². The van der Waals surface area contributed by atoms with Gasteiger partial charge in [0, 0.05) is 12.7 Å². The Morgan fingerprint density at radius 1 is 1.32 bits per heavy atom. The van der Waals surface area contributed by atoms with Gasteiger partial charge < -0.3 is 4.90 Å². The molecule has 0 spiro atoms.